The molecule has 4 N–H and O–H groups in total. The fraction of sp³-hybridized carbons (Fsp3) is 0.133. The van der Waals surface area contributed by atoms with Gasteiger partial charge in [0.25, 0.3) is 0 Å². The molecule has 0 atom stereocenters. The van der Waals surface area contributed by atoms with E-state index in [9.17, 15) is 9.18 Å². The highest BCUT2D eigenvalue weighted by Crippen LogP contribution is 2.20. The van der Waals surface area contributed by atoms with Crippen LogP contribution in [0.3, 0.4) is 0 Å². The van der Waals surface area contributed by atoms with E-state index in [1.54, 1.807) is 31.2 Å². The van der Waals surface area contributed by atoms with Gasteiger partial charge in [-0.15, -0.1) is 0 Å². The molecule has 20 heavy (non-hydrogen) atoms. The molecule has 4 nitrogen and oxygen atoms in total. The molecule has 0 saturated carbocycles. The van der Waals surface area contributed by atoms with Crippen molar-refractivity contribution >= 4 is 11.6 Å². The van der Waals surface area contributed by atoms with E-state index in [1.165, 1.54) is 12.1 Å². The molecule has 0 saturated heterocycles. The Balaban J connectivity index is 2.10. The lowest BCUT2D eigenvalue weighted by Crippen LogP contribution is -2.12. The van der Waals surface area contributed by atoms with Crippen LogP contribution in [0, 0.1) is 12.7 Å². The van der Waals surface area contributed by atoms with Crippen LogP contribution in [0.15, 0.2) is 36.4 Å². The van der Waals surface area contributed by atoms with Crippen molar-refractivity contribution in [2.24, 2.45) is 5.73 Å². The molecule has 5 heteroatoms. The monoisotopic (exact) mass is 274 g/mol. The predicted octanol–water partition coefficient (Wildman–Crippen LogP) is 2.39. The first-order valence-electron chi connectivity index (χ1n) is 6.04. The van der Waals surface area contributed by atoms with Gasteiger partial charge in [-0.3, -0.25) is 4.79 Å². The Hall–Kier alpha value is -2.56. The first kappa shape index (κ1) is 13.9. The highest BCUT2D eigenvalue weighted by atomic mass is 19.1. The summed E-state index contributed by atoms with van der Waals surface area (Å²) < 4.78 is 18.7. The van der Waals surface area contributed by atoms with Crippen molar-refractivity contribution in [2.75, 3.05) is 5.73 Å². The number of carbonyl (C=O) groups is 1. The maximum Gasteiger partial charge on any atom is 0.248 e. The van der Waals surface area contributed by atoms with E-state index in [0.717, 1.165) is 5.56 Å². The van der Waals surface area contributed by atoms with E-state index in [4.69, 9.17) is 16.2 Å². The van der Waals surface area contributed by atoms with E-state index in [2.05, 4.69) is 0 Å². The van der Waals surface area contributed by atoms with Crippen LogP contribution in [0.1, 0.15) is 21.5 Å². The number of hydrogen-bond acceptors (Lipinski definition) is 3. The molecule has 104 valence electrons. The maximum atomic E-state index is 13.1. The number of nitrogen functional groups attached to an aromatic ring is 1. The Morgan fingerprint density at radius 1 is 1.25 bits per heavy atom. The van der Waals surface area contributed by atoms with Gasteiger partial charge >= 0.3 is 0 Å². The smallest absolute Gasteiger partial charge is 0.248 e. The molecule has 0 bridgehead atoms. The van der Waals surface area contributed by atoms with Gasteiger partial charge in [0.2, 0.25) is 5.91 Å². The number of rotatable bonds is 4. The number of anilines is 1. The number of nitrogens with two attached hydrogens (primary N) is 2. The Labute approximate surface area is 116 Å². The quantitative estimate of drug-likeness (QED) is 0.840. The number of hydrogen-bond donors (Lipinski definition) is 2. The van der Waals surface area contributed by atoms with Crippen molar-refractivity contribution in [3.05, 3.63) is 58.9 Å². The van der Waals surface area contributed by atoms with Crippen LogP contribution in [0.5, 0.6) is 5.75 Å². The molecule has 0 aromatic heterocycles. The van der Waals surface area contributed by atoms with Crippen molar-refractivity contribution in [3.8, 4) is 5.75 Å². The highest BCUT2D eigenvalue weighted by Gasteiger charge is 2.06. The van der Waals surface area contributed by atoms with Crippen LogP contribution >= 0.6 is 0 Å². The summed E-state index contributed by atoms with van der Waals surface area (Å²) in [5, 5.41) is 0. The van der Waals surface area contributed by atoms with Crippen LogP contribution < -0.4 is 16.2 Å². The lowest BCUT2D eigenvalue weighted by Gasteiger charge is -2.10. The number of ether oxygens (including phenoxy) is 1. The Morgan fingerprint density at radius 3 is 2.60 bits per heavy atom. The van der Waals surface area contributed by atoms with Gasteiger partial charge in [-0.05, 0) is 42.8 Å². The zero-order chi connectivity index (χ0) is 14.7. The number of aryl methyl sites for hydroxylation is 1. The largest absolute Gasteiger partial charge is 0.489 e. The van der Waals surface area contributed by atoms with Crippen molar-refractivity contribution in [1.82, 2.24) is 0 Å². The highest BCUT2D eigenvalue weighted by molar-refractivity contribution is 5.93. The Kier molecular flexibility index (Phi) is 3.89. The van der Waals surface area contributed by atoms with Gasteiger partial charge in [0, 0.05) is 16.8 Å². The van der Waals surface area contributed by atoms with E-state index >= 15 is 0 Å². The van der Waals surface area contributed by atoms with Gasteiger partial charge < -0.3 is 16.2 Å². The first-order valence-corrected chi connectivity index (χ1v) is 6.04. The summed E-state index contributed by atoms with van der Waals surface area (Å²) in [7, 11) is 0. The van der Waals surface area contributed by atoms with Gasteiger partial charge in [-0.1, -0.05) is 6.07 Å². The second kappa shape index (κ2) is 5.61. The van der Waals surface area contributed by atoms with Crippen LogP contribution in [-0.4, -0.2) is 5.91 Å². The summed E-state index contributed by atoms with van der Waals surface area (Å²) in [6, 6.07) is 9.31. The molecule has 2 aromatic carbocycles. The minimum atomic E-state index is -0.529. The minimum Gasteiger partial charge on any atom is -0.489 e. The summed E-state index contributed by atoms with van der Waals surface area (Å²) in [6.45, 7) is 1.90. The standard InChI is InChI=1S/C15H15FN2O2/c1-9-6-12(4-5-13(9)16)20-8-11-3-2-10(15(18)19)7-14(11)17/h2-7H,8,17H2,1H3,(H2,18,19). The molecule has 0 heterocycles. The predicted molar refractivity (Wildman–Crippen MR) is 74.8 cm³/mol. The molecule has 0 radical (unpaired) electrons. The first-order chi connectivity index (χ1) is 9.47. The average Bonchev–Trinajstić information content (AvgIpc) is 2.41. The van der Waals surface area contributed by atoms with Gasteiger partial charge in [-0.25, -0.2) is 4.39 Å². The van der Waals surface area contributed by atoms with Crippen molar-refractivity contribution < 1.29 is 13.9 Å². The number of halogens is 1. The van der Waals surface area contributed by atoms with Crippen molar-refractivity contribution in [2.45, 2.75) is 13.5 Å². The van der Waals surface area contributed by atoms with Gasteiger partial charge in [0.05, 0.1) is 0 Å². The lowest BCUT2D eigenvalue weighted by atomic mass is 10.1. The summed E-state index contributed by atoms with van der Waals surface area (Å²) in [6.07, 6.45) is 0. The average molecular weight is 274 g/mol. The van der Waals surface area contributed by atoms with Gasteiger partial charge in [0.15, 0.2) is 0 Å². The zero-order valence-corrected chi connectivity index (χ0v) is 11.0. The molecule has 2 aromatic rings. The van der Waals surface area contributed by atoms with Crippen LogP contribution in [-0.2, 0) is 6.61 Å². The third kappa shape index (κ3) is 3.06. The topological polar surface area (TPSA) is 78.3 Å². The number of carbonyl (C=O) groups excluding carboxylic acids is 1. The maximum absolute atomic E-state index is 13.1. The van der Waals surface area contributed by atoms with Crippen LogP contribution in [0.4, 0.5) is 10.1 Å². The van der Waals surface area contributed by atoms with Gasteiger partial charge in [-0.2, -0.15) is 0 Å². The number of primary amides is 1. The molecule has 0 unspecified atom stereocenters. The normalized spacial score (nSPS) is 10.3. The van der Waals surface area contributed by atoms with Crippen LogP contribution in [0.2, 0.25) is 0 Å². The minimum absolute atomic E-state index is 0.232. The molecule has 0 aliphatic heterocycles. The summed E-state index contributed by atoms with van der Waals surface area (Å²) in [5.74, 6) is -0.247. The SMILES string of the molecule is Cc1cc(OCc2ccc(C(N)=O)cc2N)ccc1F. The third-order valence-electron chi connectivity index (χ3n) is 2.95. The lowest BCUT2D eigenvalue weighted by molar-refractivity contribution is 0.100. The van der Waals surface area contributed by atoms with Crippen LogP contribution in [0.25, 0.3) is 0 Å². The molecular formula is C15H15FN2O2. The summed E-state index contributed by atoms with van der Waals surface area (Å²) in [4.78, 5) is 11.0. The van der Waals surface area contributed by atoms with E-state index in [1.807, 2.05) is 0 Å². The fourth-order valence-electron chi connectivity index (χ4n) is 1.75. The second-order valence-corrected chi connectivity index (χ2v) is 4.48. The molecule has 0 aliphatic carbocycles. The van der Waals surface area contributed by atoms with Crippen molar-refractivity contribution in [3.63, 3.8) is 0 Å². The molecule has 0 aliphatic rings. The fourth-order valence-corrected chi connectivity index (χ4v) is 1.75. The Morgan fingerprint density at radius 2 is 2.00 bits per heavy atom. The summed E-state index contributed by atoms with van der Waals surface area (Å²) >= 11 is 0. The summed E-state index contributed by atoms with van der Waals surface area (Å²) in [5.41, 5.74) is 13.0. The molecule has 1 amide bonds. The number of benzene rings is 2. The second-order valence-electron chi connectivity index (χ2n) is 4.48. The van der Waals surface area contributed by atoms with E-state index < -0.39 is 5.91 Å². The Bertz CT molecular complexity index is 656. The molecular weight excluding hydrogens is 259 g/mol. The molecule has 0 fully saturated rings. The van der Waals surface area contributed by atoms with Crippen molar-refractivity contribution in [1.29, 1.82) is 0 Å². The third-order valence-corrected chi connectivity index (χ3v) is 2.95. The van der Waals surface area contributed by atoms with E-state index in [0.29, 0.717) is 22.6 Å². The molecule has 0 spiro atoms. The number of amides is 1. The van der Waals surface area contributed by atoms with E-state index in [-0.39, 0.29) is 12.4 Å². The molecule has 2 rings (SSSR count). The zero-order valence-electron chi connectivity index (χ0n) is 11.0. The van der Waals surface area contributed by atoms with Gasteiger partial charge in [0.1, 0.15) is 18.2 Å².